The van der Waals surface area contributed by atoms with Gasteiger partial charge in [-0.3, -0.25) is 23.7 Å². The number of anilines is 1. The molecule has 2 aromatic rings. The number of halogens is 1. The third-order valence-electron chi connectivity index (χ3n) is 3.90. The highest BCUT2D eigenvalue weighted by Crippen LogP contribution is 2.29. The Hall–Kier alpha value is -1.86. The minimum atomic E-state index is -3.84. The van der Waals surface area contributed by atoms with E-state index in [1.54, 1.807) is 0 Å². The van der Waals surface area contributed by atoms with Crippen molar-refractivity contribution in [3.05, 3.63) is 53.0 Å². The van der Waals surface area contributed by atoms with Crippen LogP contribution in [-0.4, -0.2) is 40.5 Å². The molecule has 0 saturated carbocycles. The van der Waals surface area contributed by atoms with Crippen LogP contribution < -0.4 is 10.5 Å². The zero-order valence-electron chi connectivity index (χ0n) is 13.1. The molecule has 1 aromatic carbocycles. The van der Waals surface area contributed by atoms with Crippen LogP contribution in [0.15, 0.2) is 41.6 Å². The highest BCUT2D eigenvalue weighted by molar-refractivity contribution is 8.30. The summed E-state index contributed by atoms with van der Waals surface area (Å²) in [7, 11) is -3.84. The van der Waals surface area contributed by atoms with E-state index >= 15 is 0 Å². The van der Waals surface area contributed by atoms with Crippen LogP contribution in [0.2, 0.25) is 0 Å². The molecular formula is C14H13FN4O4S3. The highest BCUT2D eigenvalue weighted by Gasteiger charge is 2.39. The van der Waals surface area contributed by atoms with Gasteiger partial charge in [0.15, 0.2) is 0 Å². The maximum atomic E-state index is 14.6. The van der Waals surface area contributed by atoms with Gasteiger partial charge < -0.3 is 4.90 Å². The summed E-state index contributed by atoms with van der Waals surface area (Å²) >= 11 is 8.25. The van der Waals surface area contributed by atoms with Gasteiger partial charge in [0.2, 0.25) is 14.9 Å². The molecule has 138 valence electrons. The number of hydrogen-bond donors (Lipinski definition) is 2. The predicted octanol–water partition coefficient (Wildman–Crippen LogP) is 0.758. The first-order valence-electron chi connectivity index (χ1n) is 7.30. The van der Waals surface area contributed by atoms with Crippen molar-refractivity contribution in [2.45, 2.75) is 12.5 Å². The SMILES string of the molecule is O=C1C(N(S)S(=O)(O)=S)CCN1c1ccc(-n2ccncc2=O)cc1F. The smallest absolute Gasteiger partial charge is 0.273 e. The molecule has 8 nitrogen and oxygen atoms in total. The Morgan fingerprint density at radius 3 is 2.77 bits per heavy atom. The van der Waals surface area contributed by atoms with Crippen molar-refractivity contribution in [1.29, 1.82) is 0 Å². The summed E-state index contributed by atoms with van der Waals surface area (Å²) in [6.07, 6.45) is 4.06. The molecule has 1 N–H and O–H groups in total. The Kier molecular flexibility index (Phi) is 5.12. The van der Waals surface area contributed by atoms with Gasteiger partial charge in [0.05, 0.1) is 17.6 Å². The minimum absolute atomic E-state index is 0.00102. The molecule has 26 heavy (non-hydrogen) atoms. The Labute approximate surface area is 158 Å². The third-order valence-corrected chi connectivity index (χ3v) is 6.39. The Morgan fingerprint density at radius 1 is 1.42 bits per heavy atom. The lowest BCUT2D eigenvalue weighted by molar-refractivity contribution is -0.119. The number of aromatic nitrogens is 2. The average Bonchev–Trinajstić information content (AvgIpc) is 2.95. The molecule has 0 radical (unpaired) electrons. The van der Waals surface area contributed by atoms with Crippen molar-refractivity contribution in [3.63, 3.8) is 0 Å². The van der Waals surface area contributed by atoms with E-state index in [4.69, 9.17) is 0 Å². The normalized spacial score (nSPS) is 19.8. The maximum Gasteiger partial charge on any atom is 0.273 e. The van der Waals surface area contributed by atoms with Crippen molar-refractivity contribution in [2.75, 3.05) is 11.4 Å². The number of nitrogens with zero attached hydrogens (tertiary/aromatic N) is 4. The largest absolute Gasteiger partial charge is 0.308 e. The monoisotopic (exact) mass is 416 g/mol. The van der Waals surface area contributed by atoms with Crippen LogP contribution in [0.4, 0.5) is 10.1 Å². The van der Waals surface area contributed by atoms with E-state index in [-0.39, 0.29) is 24.3 Å². The fourth-order valence-electron chi connectivity index (χ4n) is 2.70. The number of amides is 1. The zero-order chi connectivity index (χ0) is 19.1. The van der Waals surface area contributed by atoms with Crippen LogP contribution in [0.3, 0.4) is 0 Å². The summed E-state index contributed by atoms with van der Waals surface area (Å²) in [5.41, 5.74) is -0.147. The fraction of sp³-hybridized carbons (Fsp3) is 0.214. The van der Waals surface area contributed by atoms with Gasteiger partial charge >= 0.3 is 0 Å². The summed E-state index contributed by atoms with van der Waals surface area (Å²) < 4.78 is 37.3. The Morgan fingerprint density at radius 2 is 2.15 bits per heavy atom. The van der Waals surface area contributed by atoms with Crippen LogP contribution in [0, 0.1) is 5.82 Å². The fourth-order valence-corrected chi connectivity index (χ4v) is 3.74. The molecule has 1 saturated heterocycles. The quantitative estimate of drug-likeness (QED) is 0.715. The van der Waals surface area contributed by atoms with E-state index in [1.807, 2.05) is 0 Å². The summed E-state index contributed by atoms with van der Waals surface area (Å²) in [5.74, 6) is -1.30. The maximum absolute atomic E-state index is 14.6. The lowest BCUT2D eigenvalue weighted by Gasteiger charge is -2.21. The third kappa shape index (κ3) is 3.50. The molecule has 3 rings (SSSR count). The standard InChI is InChI=1S/C14H13FN4O4S3/c15-10-7-9(17-6-4-16-8-13(17)20)1-2-11(10)18-5-3-12(14(18)21)19(24)26(22,23)25/h1-2,4,6-8,12,24H,3,5H2,(H,22,23,25). The lowest BCUT2D eigenvalue weighted by Crippen LogP contribution is -2.39. The number of hydrogen-bond acceptors (Lipinski definition) is 6. The van der Waals surface area contributed by atoms with E-state index < -0.39 is 32.3 Å². The van der Waals surface area contributed by atoms with E-state index in [0.29, 0.717) is 3.71 Å². The molecule has 1 amide bonds. The lowest BCUT2D eigenvalue weighted by atomic mass is 10.2. The number of benzene rings is 1. The van der Waals surface area contributed by atoms with Gasteiger partial charge in [-0.1, -0.05) is 12.8 Å². The van der Waals surface area contributed by atoms with Crippen LogP contribution in [0.25, 0.3) is 5.69 Å². The Balaban J connectivity index is 1.91. The van der Waals surface area contributed by atoms with Crippen LogP contribution in [0.1, 0.15) is 6.42 Å². The minimum Gasteiger partial charge on any atom is -0.308 e. The van der Waals surface area contributed by atoms with Gasteiger partial charge in [-0.2, -0.15) is 0 Å². The van der Waals surface area contributed by atoms with Crippen molar-refractivity contribution < 1.29 is 17.9 Å². The number of carbonyl (C=O) groups excluding carboxylic acids is 1. The molecular weight excluding hydrogens is 403 g/mol. The molecule has 0 aliphatic carbocycles. The van der Waals surface area contributed by atoms with E-state index in [1.165, 1.54) is 29.1 Å². The first-order chi connectivity index (χ1) is 12.2. The second-order valence-electron chi connectivity index (χ2n) is 5.46. The summed E-state index contributed by atoms with van der Waals surface area (Å²) in [4.78, 5) is 29.1. The van der Waals surface area contributed by atoms with E-state index in [0.717, 1.165) is 17.2 Å². The van der Waals surface area contributed by atoms with Gasteiger partial charge in [-0.15, -0.1) is 3.71 Å². The van der Waals surface area contributed by atoms with Gasteiger partial charge in [-0.05, 0) is 18.6 Å². The summed E-state index contributed by atoms with van der Waals surface area (Å²) in [6.45, 7) is 0.136. The van der Waals surface area contributed by atoms with Crippen molar-refractivity contribution in [1.82, 2.24) is 13.3 Å². The summed E-state index contributed by atoms with van der Waals surface area (Å²) in [6, 6.07) is 2.94. The molecule has 2 heterocycles. The predicted molar refractivity (Wildman–Crippen MR) is 99.5 cm³/mol. The second-order valence-corrected chi connectivity index (χ2v) is 8.76. The van der Waals surface area contributed by atoms with Crippen molar-refractivity contribution >= 4 is 44.6 Å². The van der Waals surface area contributed by atoms with Gasteiger partial charge in [-0.25, -0.2) is 8.60 Å². The first kappa shape index (κ1) is 18.9. The summed E-state index contributed by atoms with van der Waals surface area (Å²) in [5, 5.41) is 0. The first-order valence-corrected chi connectivity index (χ1v) is 10.1. The zero-order valence-corrected chi connectivity index (χ0v) is 15.6. The Bertz CT molecular complexity index is 1030. The number of carbonyl (C=O) groups is 1. The molecule has 2 atom stereocenters. The molecule has 0 bridgehead atoms. The molecule has 1 aliphatic rings. The van der Waals surface area contributed by atoms with Crippen molar-refractivity contribution in [2.24, 2.45) is 0 Å². The van der Waals surface area contributed by atoms with Gasteiger partial charge in [0.1, 0.15) is 11.9 Å². The van der Waals surface area contributed by atoms with Crippen LogP contribution in [-0.2, 0) is 24.9 Å². The van der Waals surface area contributed by atoms with Gasteiger partial charge in [0, 0.05) is 36.2 Å². The van der Waals surface area contributed by atoms with Crippen LogP contribution >= 0.6 is 12.8 Å². The van der Waals surface area contributed by atoms with Crippen molar-refractivity contribution in [3.8, 4) is 5.69 Å². The second kappa shape index (κ2) is 7.04. The molecule has 1 fully saturated rings. The topological polar surface area (TPSA) is 95.7 Å². The van der Waals surface area contributed by atoms with Gasteiger partial charge in [0.25, 0.3) is 5.56 Å². The van der Waals surface area contributed by atoms with Crippen LogP contribution in [0.5, 0.6) is 0 Å². The molecule has 2 unspecified atom stereocenters. The van der Waals surface area contributed by atoms with E-state index in [2.05, 4.69) is 29.0 Å². The molecule has 0 spiro atoms. The average molecular weight is 416 g/mol. The highest BCUT2D eigenvalue weighted by atomic mass is 32.9. The number of thiol groups is 1. The molecule has 1 aliphatic heterocycles. The van der Waals surface area contributed by atoms with E-state index in [9.17, 15) is 22.7 Å². The molecule has 12 heteroatoms. The number of rotatable bonds is 4. The molecule has 1 aromatic heterocycles.